The smallest absolute Gasteiger partial charge is 0.328 e. The van der Waals surface area contributed by atoms with Crippen LogP contribution in [0.1, 0.15) is 38.2 Å². The Kier molecular flexibility index (Phi) is 8.91. The Morgan fingerprint density at radius 1 is 0.926 bits per heavy atom. The number of hydrogen-bond donors (Lipinski definition) is 1. The molecule has 27 heavy (non-hydrogen) atoms. The van der Waals surface area contributed by atoms with Gasteiger partial charge < -0.3 is 9.84 Å². The monoisotopic (exact) mass is 364 g/mol. The molecule has 0 unspecified atom stereocenters. The molecule has 0 heterocycles. The number of rotatable bonds is 11. The first kappa shape index (κ1) is 20.5. The van der Waals surface area contributed by atoms with E-state index in [0.29, 0.717) is 0 Å². The number of benzene rings is 2. The van der Waals surface area contributed by atoms with Crippen LogP contribution in [0.3, 0.4) is 0 Å². The molecule has 0 aliphatic rings. The van der Waals surface area contributed by atoms with Gasteiger partial charge in [0.15, 0.2) is 0 Å². The van der Waals surface area contributed by atoms with E-state index in [1.54, 1.807) is 6.08 Å². The third kappa shape index (κ3) is 7.95. The normalized spacial score (nSPS) is 11.3. The molecule has 0 aliphatic heterocycles. The highest BCUT2D eigenvalue weighted by molar-refractivity contribution is 5.80. The molecule has 0 aromatic heterocycles. The molecule has 0 fully saturated rings. The lowest BCUT2D eigenvalue weighted by Crippen LogP contribution is -1.96. The van der Waals surface area contributed by atoms with Crippen molar-refractivity contribution < 1.29 is 14.6 Å². The Balaban J connectivity index is 1.84. The van der Waals surface area contributed by atoms with E-state index >= 15 is 0 Å². The summed E-state index contributed by atoms with van der Waals surface area (Å²) >= 11 is 0. The summed E-state index contributed by atoms with van der Waals surface area (Å²) < 4.78 is 5.79. The SMILES string of the molecule is CCCCCCOc1ccc(-c2ccc(C/C=C/C=C/C(=O)O)cc2)cc1. The minimum Gasteiger partial charge on any atom is -0.494 e. The second kappa shape index (κ2) is 11.7. The zero-order chi connectivity index (χ0) is 19.3. The quantitative estimate of drug-likeness (QED) is 0.300. The van der Waals surface area contributed by atoms with Crippen LogP contribution in [0.15, 0.2) is 72.8 Å². The van der Waals surface area contributed by atoms with Gasteiger partial charge in [-0.15, -0.1) is 0 Å². The first-order valence-electron chi connectivity index (χ1n) is 9.57. The highest BCUT2D eigenvalue weighted by atomic mass is 16.5. The van der Waals surface area contributed by atoms with Gasteiger partial charge in [-0.3, -0.25) is 0 Å². The predicted octanol–water partition coefficient (Wildman–Crippen LogP) is 6.05. The topological polar surface area (TPSA) is 46.5 Å². The lowest BCUT2D eigenvalue weighted by Gasteiger charge is -2.08. The van der Waals surface area contributed by atoms with Gasteiger partial charge in [0, 0.05) is 6.08 Å². The fourth-order valence-electron chi connectivity index (χ4n) is 2.72. The van der Waals surface area contributed by atoms with Crippen molar-refractivity contribution in [2.24, 2.45) is 0 Å². The van der Waals surface area contributed by atoms with Crippen LogP contribution in [0, 0.1) is 0 Å². The largest absolute Gasteiger partial charge is 0.494 e. The number of hydrogen-bond acceptors (Lipinski definition) is 2. The van der Waals surface area contributed by atoms with Gasteiger partial charge in [-0.25, -0.2) is 4.79 Å². The van der Waals surface area contributed by atoms with Gasteiger partial charge in [0.2, 0.25) is 0 Å². The Morgan fingerprint density at radius 3 is 2.22 bits per heavy atom. The van der Waals surface area contributed by atoms with Crippen LogP contribution >= 0.6 is 0 Å². The van der Waals surface area contributed by atoms with Crippen LogP contribution in [0.5, 0.6) is 5.75 Å². The van der Waals surface area contributed by atoms with Crippen molar-refractivity contribution in [1.29, 1.82) is 0 Å². The molecule has 0 saturated carbocycles. The standard InChI is InChI=1S/C24H28O3/c1-2-3-4-8-19-27-23-17-15-22(16-18-23)21-13-11-20(12-14-21)9-6-5-7-10-24(25)26/h5-7,10-18H,2-4,8-9,19H2,1H3,(H,25,26)/b6-5+,10-7+. The average molecular weight is 364 g/mol. The summed E-state index contributed by atoms with van der Waals surface area (Å²) in [6.45, 7) is 2.99. The van der Waals surface area contributed by atoms with Crippen molar-refractivity contribution in [1.82, 2.24) is 0 Å². The highest BCUT2D eigenvalue weighted by Crippen LogP contribution is 2.23. The molecule has 0 saturated heterocycles. The molecule has 0 bridgehead atoms. The summed E-state index contributed by atoms with van der Waals surface area (Å²) in [7, 11) is 0. The van der Waals surface area contributed by atoms with Crippen LogP contribution < -0.4 is 4.74 Å². The van der Waals surface area contributed by atoms with Gasteiger partial charge in [-0.2, -0.15) is 0 Å². The fraction of sp³-hybridized carbons (Fsp3) is 0.292. The van der Waals surface area contributed by atoms with Crippen LogP contribution in [-0.4, -0.2) is 17.7 Å². The third-order valence-corrected chi connectivity index (χ3v) is 4.25. The Hall–Kier alpha value is -2.81. The van der Waals surface area contributed by atoms with Crippen LogP contribution in [-0.2, 0) is 11.2 Å². The van der Waals surface area contributed by atoms with Gasteiger partial charge in [-0.05, 0) is 41.7 Å². The van der Waals surface area contributed by atoms with E-state index in [4.69, 9.17) is 9.84 Å². The summed E-state index contributed by atoms with van der Waals surface area (Å²) in [6, 6.07) is 16.6. The third-order valence-electron chi connectivity index (χ3n) is 4.25. The lowest BCUT2D eigenvalue weighted by molar-refractivity contribution is -0.131. The van der Waals surface area contributed by atoms with Crippen molar-refractivity contribution in [2.75, 3.05) is 6.61 Å². The summed E-state index contributed by atoms with van der Waals surface area (Å²) in [5.74, 6) is -0.0108. The number of carboxylic acid groups (broad SMARTS) is 1. The maximum absolute atomic E-state index is 10.4. The van der Waals surface area contributed by atoms with E-state index in [1.165, 1.54) is 42.0 Å². The average Bonchev–Trinajstić information content (AvgIpc) is 2.68. The fourth-order valence-corrected chi connectivity index (χ4v) is 2.72. The number of carboxylic acids is 1. The zero-order valence-corrected chi connectivity index (χ0v) is 15.9. The van der Waals surface area contributed by atoms with Gasteiger partial charge in [-0.1, -0.05) is 80.8 Å². The van der Waals surface area contributed by atoms with Crippen LogP contribution in [0.25, 0.3) is 11.1 Å². The van der Waals surface area contributed by atoms with E-state index in [2.05, 4.69) is 43.3 Å². The Labute approximate surface area is 162 Å². The van der Waals surface area contributed by atoms with Crippen molar-refractivity contribution in [3.63, 3.8) is 0 Å². The van der Waals surface area contributed by atoms with Gasteiger partial charge in [0.05, 0.1) is 6.61 Å². The molecular weight excluding hydrogens is 336 g/mol. The number of ether oxygens (including phenoxy) is 1. The van der Waals surface area contributed by atoms with Gasteiger partial charge in [0.25, 0.3) is 0 Å². The molecular formula is C24H28O3. The molecule has 1 N–H and O–H groups in total. The summed E-state index contributed by atoms with van der Waals surface area (Å²) in [6.07, 6.45) is 12.0. The van der Waals surface area contributed by atoms with E-state index in [0.717, 1.165) is 31.3 Å². The second-order valence-corrected chi connectivity index (χ2v) is 6.46. The van der Waals surface area contributed by atoms with E-state index < -0.39 is 5.97 Å². The van der Waals surface area contributed by atoms with E-state index in [1.807, 2.05) is 18.2 Å². The van der Waals surface area contributed by atoms with Crippen molar-refractivity contribution in [3.8, 4) is 16.9 Å². The molecule has 142 valence electrons. The van der Waals surface area contributed by atoms with Gasteiger partial charge >= 0.3 is 5.97 Å². The van der Waals surface area contributed by atoms with E-state index in [-0.39, 0.29) is 0 Å². The summed E-state index contributed by atoms with van der Waals surface area (Å²) in [5.41, 5.74) is 3.52. The Morgan fingerprint density at radius 2 is 1.59 bits per heavy atom. The number of aliphatic carboxylic acids is 1. The molecule has 0 aliphatic carbocycles. The number of unbranched alkanes of at least 4 members (excludes halogenated alkanes) is 3. The highest BCUT2D eigenvalue weighted by Gasteiger charge is 2.00. The number of carbonyl (C=O) groups is 1. The van der Waals surface area contributed by atoms with Crippen LogP contribution in [0.4, 0.5) is 0 Å². The molecule has 0 spiro atoms. The maximum Gasteiger partial charge on any atom is 0.328 e. The minimum atomic E-state index is -0.933. The van der Waals surface area contributed by atoms with Crippen molar-refractivity contribution in [3.05, 3.63) is 78.4 Å². The summed E-state index contributed by atoms with van der Waals surface area (Å²) in [5, 5.41) is 8.53. The molecule has 2 rings (SSSR count). The lowest BCUT2D eigenvalue weighted by atomic mass is 10.0. The van der Waals surface area contributed by atoms with Gasteiger partial charge in [0.1, 0.15) is 5.75 Å². The molecule has 2 aromatic carbocycles. The maximum atomic E-state index is 10.4. The second-order valence-electron chi connectivity index (χ2n) is 6.46. The predicted molar refractivity (Wildman–Crippen MR) is 111 cm³/mol. The first-order valence-corrected chi connectivity index (χ1v) is 9.57. The van der Waals surface area contributed by atoms with Crippen LogP contribution in [0.2, 0.25) is 0 Å². The van der Waals surface area contributed by atoms with Crippen molar-refractivity contribution >= 4 is 5.97 Å². The molecule has 3 heteroatoms. The minimum absolute atomic E-state index is 0.773. The first-order chi connectivity index (χ1) is 13.2. The molecule has 0 amide bonds. The Bertz CT molecular complexity index is 740. The molecule has 0 radical (unpaired) electrons. The zero-order valence-electron chi connectivity index (χ0n) is 15.9. The summed E-state index contributed by atoms with van der Waals surface area (Å²) in [4.78, 5) is 10.4. The van der Waals surface area contributed by atoms with Crippen molar-refractivity contribution in [2.45, 2.75) is 39.0 Å². The van der Waals surface area contributed by atoms with E-state index in [9.17, 15) is 4.79 Å². The molecule has 2 aromatic rings. The molecule has 3 nitrogen and oxygen atoms in total. The molecule has 0 atom stereocenters. The number of allylic oxidation sites excluding steroid dienone is 3.